The minimum Gasteiger partial charge on any atom is -0.490 e. The molecule has 0 bridgehead atoms. The van der Waals surface area contributed by atoms with Crippen LogP contribution < -0.4 is 10.3 Å². The van der Waals surface area contributed by atoms with Crippen molar-refractivity contribution in [1.29, 1.82) is 0 Å². The van der Waals surface area contributed by atoms with Crippen molar-refractivity contribution in [1.82, 2.24) is 14.8 Å². The zero-order chi connectivity index (χ0) is 25.8. The summed E-state index contributed by atoms with van der Waals surface area (Å²) in [6, 6.07) is 6.92. The molecule has 36 heavy (non-hydrogen) atoms. The van der Waals surface area contributed by atoms with Gasteiger partial charge >= 0.3 is 0 Å². The number of aryl methyl sites for hydroxylation is 2. The first kappa shape index (κ1) is 24.2. The highest BCUT2D eigenvalue weighted by atomic mass is 19.3. The van der Waals surface area contributed by atoms with Gasteiger partial charge in [0.05, 0.1) is 11.7 Å². The van der Waals surface area contributed by atoms with E-state index in [1.807, 2.05) is 0 Å². The second-order valence-electron chi connectivity index (χ2n) is 9.88. The molecule has 0 unspecified atom stereocenters. The Morgan fingerprint density at radius 1 is 1.14 bits per heavy atom. The fourth-order valence-electron chi connectivity index (χ4n) is 4.48. The van der Waals surface area contributed by atoms with Gasteiger partial charge in [-0.1, -0.05) is 6.07 Å². The van der Waals surface area contributed by atoms with Gasteiger partial charge in [0, 0.05) is 49.5 Å². The van der Waals surface area contributed by atoms with E-state index in [0.717, 1.165) is 0 Å². The van der Waals surface area contributed by atoms with Crippen LogP contribution in [0.25, 0.3) is 33.7 Å². The van der Waals surface area contributed by atoms with Crippen LogP contribution in [0.3, 0.4) is 0 Å². The molecule has 1 N–H and O–H groups in total. The Labute approximate surface area is 205 Å². The van der Waals surface area contributed by atoms with E-state index in [1.165, 1.54) is 4.57 Å². The van der Waals surface area contributed by atoms with Crippen LogP contribution in [-0.2, 0) is 12.6 Å². The lowest BCUT2D eigenvalue weighted by molar-refractivity contribution is -0.0581. The van der Waals surface area contributed by atoms with Crippen LogP contribution in [0.2, 0.25) is 0 Å². The highest BCUT2D eigenvalue weighted by Crippen LogP contribution is 2.41. The molecule has 3 aromatic heterocycles. The van der Waals surface area contributed by atoms with Crippen molar-refractivity contribution < 1.29 is 27.5 Å². The second-order valence-corrected chi connectivity index (χ2v) is 9.88. The van der Waals surface area contributed by atoms with E-state index < -0.39 is 11.5 Å². The third-order valence-corrected chi connectivity index (χ3v) is 6.53. The average molecular weight is 500 g/mol. The van der Waals surface area contributed by atoms with E-state index in [-0.39, 0.29) is 54.6 Å². The Hall–Kier alpha value is -3.53. The van der Waals surface area contributed by atoms with Crippen LogP contribution in [0.4, 0.5) is 8.78 Å². The molecular formula is C26H27F2N3O5. The van der Waals surface area contributed by atoms with Crippen molar-refractivity contribution in [3.05, 3.63) is 52.3 Å². The van der Waals surface area contributed by atoms with Gasteiger partial charge in [-0.2, -0.15) is 0 Å². The standard InChI is InChI=1S/C26H27F2N3O5/c1-14-29-30-23(34-14)21-12-18-19(13-31(4)24(32)22(18)36-21)17-11-15(25(2,3)33)5-6-20(17)35-16-7-9-26(27,28)10-8-16/h5-6,11-13,16,33H,7-10H2,1-4H3. The number of halogens is 2. The first-order chi connectivity index (χ1) is 16.9. The average Bonchev–Trinajstić information content (AvgIpc) is 3.44. The Kier molecular flexibility index (Phi) is 5.74. The molecule has 0 radical (unpaired) electrons. The number of rotatable bonds is 5. The summed E-state index contributed by atoms with van der Waals surface area (Å²) in [5.41, 5.74) is 0.424. The predicted octanol–water partition coefficient (Wildman–Crippen LogP) is 5.34. The van der Waals surface area contributed by atoms with Gasteiger partial charge in [-0.15, -0.1) is 10.2 Å². The maximum Gasteiger partial charge on any atom is 0.293 e. The van der Waals surface area contributed by atoms with E-state index in [9.17, 15) is 18.7 Å². The minimum atomic E-state index is -2.67. The van der Waals surface area contributed by atoms with Crippen LogP contribution in [0, 0.1) is 6.92 Å². The van der Waals surface area contributed by atoms with Crippen molar-refractivity contribution in [3.8, 4) is 28.5 Å². The van der Waals surface area contributed by atoms with Crippen molar-refractivity contribution in [3.63, 3.8) is 0 Å². The number of ether oxygens (including phenoxy) is 1. The van der Waals surface area contributed by atoms with Gasteiger partial charge < -0.3 is 23.2 Å². The number of benzene rings is 1. The Balaban J connectivity index is 1.67. The molecule has 0 atom stereocenters. The van der Waals surface area contributed by atoms with Crippen LogP contribution in [0.1, 0.15) is 51.0 Å². The summed E-state index contributed by atoms with van der Waals surface area (Å²) in [5, 5.41) is 19.0. The van der Waals surface area contributed by atoms with Crippen LogP contribution in [-0.4, -0.2) is 31.9 Å². The van der Waals surface area contributed by atoms with Crippen molar-refractivity contribution in [2.24, 2.45) is 7.05 Å². The molecule has 1 saturated carbocycles. The fourth-order valence-corrected chi connectivity index (χ4v) is 4.48. The molecule has 1 aliphatic rings. The summed E-state index contributed by atoms with van der Waals surface area (Å²) >= 11 is 0. The lowest BCUT2D eigenvalue weighted by Crippen LogP contribution is -2.30. The molecule has 0 amide bonds. The number of hydrogen-bond donors (Lipinski definition) is 1. The maximum atomic E-state index is 13.7. The van der Waals surface area contributed by atoms with Gasteiger partial charge in [-0.3, -0.25) is 4.79 Å². The first-order valence-corrected chi connectivity index (χ1v) is 11.8. The number of aromatic nitrogens is 3. The molecule has 5 rings (SSSR count). The molecule has 0 aliphatic heterocycles. The molecular weight excluding hydrogens is 472 g/mol. The van der Waals surface area contributed by atoms with Gasteiger partial charge in [0.1, 0.15) is 5.75 Å². The number of nitrogens with zero attached hydrogens (tertiary/aromatic N) is 3. The molecule has 10 heteroatoms. The molecule has 8 nitrogen and oxygen atoms in total. The normalized spacial score (nSPS) is 16.5. The summed E-state index contributed by atoms with van der Waals surface area (Å²) in [6.07, 6.45) is 1.29. The van der Waals surface area contributed by atoms with Crippen LogP contribution in [0.15, 0.2) is 44.1 Å². The summed E-state index contributed by atoms with van der Waals surface area (Å²) < 4.78 is 46.4. The monoisotopic (exact) mass is 499 g/mol. The number of pyridine rings is 1. The quantitative estimate of drug-likeness (QED) is 0.395. The van der Waals surface area contributed by atoms with Crippen molar-refractivity contribution in [2.45, 2.75) is 64.1 Å². The van der Waals surface area contributed by atoms with E-state index in [2.05, 4.69) is 10.2 Å². The van der Waals surface area contributed by atoms with Gasteiger partial charge in [0.25, 0.3) is 11.4 Å². The lowest BCUT2D eigenvalue weighted by atomic mass is 9.92. The molecule has 0 saturated heterocycles. The van der Waals surface area contributed by atoms with Crippen molar-refractivity contribution >= 4 is 11.0 Å². The molecule has 0 spiro atoms. The van der Waals surface area contributed by atoms with E-state index >= 15 is 0 Å². The van der Waals surface area contributed by atoms with Crippen molar-refractivity contribution in [2.75, 3.05) is 0 Å². The molecule has 4 aromatic rings. The smallest absolute Gasteiger partial charge is 0.293 e. The van der Waals surface area contributed by atoms with E-state index in [1.54, 1.807) is 58.3 Å². The molecule has 1 fully saturated rings. The lowest BCUT2D eigenvalue weighted by Gasteiger charge is -2.30. The summed E-state index contributed by atoms with van der Waals surface area (Å²) in [7, 11) is 1.61. The third kappa shape index (κ3) is 4.53. The number of aliphatic hydroxyl groups is 1. The minimum absolute atomic E-state index is 0.0952. The number of furan rings is 1. The molecule has 1 aromatic carbocycles. The highest BCUT2D eigenvalue weighted by Gasteiger charge is 2.36. The largest absolute Gasteiger partial charge is 0.490 e. The zero-order valence-electron chi connectivity index (χ0n) is 20.5. The fraction of sp³-hybridized carbons (Fsp3) is 0.423. The Morgan fingerprint density at radius 3 is 2.50 bits per heavy atom. The van der Waals surface area contributed by atoms with Gasteiger partial charge in [0.2, 0.25) is 17.4 Å². The molecule has 190 valence electrons. The SMILES string of the molecule is Cc1nnc(-c2cc3c(-c4cc(C(C)(C)O)ccc4OC4CCC(F)(F)CC4)cn(C)c(=O)c3o2)o1. The van der Waals surface area contributed by atoms with Crippen LogP contribution >= 0.6 is 0 Å². The highest BCUT2D eigenvalue weighted by molar-refractivity contribution is 5.96. The summed E-state index contributed by atoms with van der Waals surface area (Å²) in [6.45, 7) is 4.98. The molecule has 1 aliphatic carbocycles. The van der Waals surface area contributed by atoms with E-state index in [0.29, 0.717) is 33.7 Å². The Bertz CT molecular complexity index is 1490. The summed E-state index contributed by atoms with van der Waals surface area (Å²) in [5.74, 6) is -1.47. The summed E-state index contributed by atoms with van der Waals surface area (Å²) in [4.78, 5) is 12.9. The number of hydrogen-bond acceptors (Lipinski definition) is 7. The third-order valence-electron chi connectivity index (χ3n) is 6.53. The number of fused-ring (bicyclic) bond motifs is 1. The number of alkyl halides is 2. The first-order valence-electron chi connectivity index (χ1n) is 11.8. The van der Waals surface area contributed by atoms with Gasteiger partial charge in [0.15, 0.2) is 5.76 Å². The predicted molar refractivity (Wildman–Crippen MR) is 128 cm³/mol. The second kappa shape index (κ2) is 8.55. The zero-order valence-corrected chi connectivity index (χ0v) is 20.5. The van der Waals surface area contributed by atoms with Gasteiger partial charge in [-0.05, 0) is 50.5 Å². The molecule has 3 heterocycles. The Morgan fingerprint density at radius 2 is 1.86 bits per heavy atom. The van der Waals surface area contributed by atoms with Gasteiger partial charge in [-0.25, -0.2) is 8.78 Å². The topological polar surface area (TPSA) is 104 Å². The van der Waals surface area contributed by atoms with Crippen LogP contribution in [0.5, 0.6) is 5.75 Å². The van der Waals surface area contributed by atoms with E-state index in [4.69, 9.17) is 13.6 Å². The maximum absolute atomic E-state index is 13.7.